The van der Waals surface area contributed by atoms with Crippen LogP contribution in [0.15, 0.2) is 23.3 Å². The number of allylic oxidation sites excluding steroid dienone is 3. The maximum Gasteiger partial charge on any atom is 0.331 e. The molecule has 0 fully saturated rings. The fourth-order valence-corrected chi connectivity index (χ4v) is 1.46. The predicted molar refractivity (Wildman–Crippen MR) is 68.5 cm³/mol. The fourth-order valence-electron chi connectivity index (χ4n) is 1.46. The van der Waals surface area contributed by atoms with Crippen molar-refractivity contribution in [1.29, 1.82) is 0 Å². The Labute approximate surface area is 99.1 Å². The second kappa shape index (κ2) is 8.14. The SMILES string of the molecule is CC(C)=C(CCC=CCCC(C)C)C(=O)O. The highest BCUT2D eigenvalue weighted by Crippen LogP contribution is 2.12. The van der Waals surface area contributed by atoms with Gasteiger partial charge in [0.1, 0.15) is 0 Å². The summed E-state index contributed by atoms with van der Waals surface area (Å²) in [6.07, 6.45) is 8.00. The normalized spacial score (nSPS) is 11.1. The standard InChI is InChI=1S/C14H24O2/c1-11(2)9-7-5-6-8-10-13(12(3)4)14(15)16/h5-6,11H,7-10H2,1-4H3,(H,15,16). The molecule has 0 atom stereocenters. The predicted octanol–water partition coefficient (Wildman–Crippen LogP) is 4.18. The van der Waals surface area contributed by atoms with Gasteiger partial charge in [-0.1, -0.05) is 31.6 Å². The lowest BCUT2D eigenvalue weighted by atomic mass is 10.0. The van der Waals surface area contributed by atoms with Crippen molar-refractivity contribution >= 4 is 5.97 Å². The van der Waals surface area contributed by atoms with Gasteiger partial charge in [-0.05, 0) is 45.4 Å². The Bertz CT molecular complexity index is 268. The van der Waals surface area contributed by atoms with E-state index in [1.54, 1.807) is 0 Å². The van der Waals surface area contributed by atoms with Crippen LogP contribution in [0.1, 0.15) is 53.4 Å². The van der Waals surface area contributed by atoms with Crippen LogP contribution >= 0.6 is 0 Å². The zero-order valence-corrected chi connectivity index (χ0v) is 10.9. The van der Waals surface area contributed by atoms with Crippen molar-refractivity contribution in [1.82, 2.24) is 0 Å². The maximum atomic E-state index is 10.9. The van der Waals surface area contributed by atoms with E-state index in [0.29, 0.717) is 12.0 Å². The third kappa shape index (κ3) is 7.27. The van der Waals surface area contributed by atoms with Crippen molar-refractivity contribution < 1.29 is 9.90 Å². The second-order valence-corrected chi connectivity index (χ2v) is 4.76. The van der Waals surface area contributed by atoms with E-state index in [1.165, 1.54) is 6.42 Å². The molecule has 0 aromatic carbocycles. The smallest absolute Gasteiger partial charge is 0.331 e. The summed E-state index contributed by atoms with van der Waals surface area (Å²) in [6.45, 7) is 8.12. The molecular formula is C14H24O2. The lowest BCUT2D eigenvalue weighted by Crippen LogP contribution is -2.02. The number of carboxylic acids is 1. The van der Waals surface area contributed by atoms with Gasteiger partial charge in [-0.25, -0.2) is 4.79 Å². The molecule has 2 heteroatoms. The molecule has 92 valence electrons. The van der Waals surface area contributed by atoms with Crippen molar-refractivity contribution in [3.63, 3.8) is 0 Å². The van der Waals surface area contributed by atoms with Crippen LogP contribution < -0.4 is 0 Å². The Morgan fingerprint density at radius 1 is 1.19 bits per heavy atom. The Hall–Kier alpha value is -1.05. The molecule has 0 bridgehead atoms. The van der Waals surface area contributed by atoms with Gasteiger partial charge in [-0.15, -0.1) is 0 Å². The third-order valence-corrected chi connectivity index (χ3v) is 2.50. The number of aliphatic carboxylic acids is 1. The fraction of sp³-hybridized carbons (Fsp3) is 0.643. The van der Waals surface area contributed by atoms with Gasteiger partial charge < -0.3 is 5.11 Å². The highest BCUT2D eigenvalue weighted by Gasteiger charge is 2.07. The van der Waals surface area contributed by atoms with Crippen molar-refractivity contribution in [3.05, 3.63) is 23.3 Å². The number of carbonyl (C=O) groups is 1. The van der Waals surface area contributed by atoms with Gasteiger partial charge in [0.25, 0.3) is 0 Å². The van der Waals surface area contributed by atoms with Gasteiger partial charge in [-0.3, -0.25) is 0 Å². The first-order valence-corrected chi connectivity index (χ1v) is 5.99. The van der Waals surface area contributed by atoms with Gasteiger partial charge in [0.15, 0.2) is 0 Å². The molecule has 0 saturated carbocycles. The minimum absolute atomic E-state index is 0.550. The maximum absolute atomic E-state index is 10.9. The van der Waals surface area contributed by atoms with Crippen LogP contribution in [0.2, 0.25) is 0 Å². The molecule has 0 aliphatic heterocycles. The van der Waals surface area contributed by atoms with Crippen molar-refractivity contribution in [2.45, 2.75) is 53.4 Å². The van der Waals surface area contributed by atoms with E-state index < -0.39 is 5.97 Å². The lowest BCUT2D eigenvalue weighted by molar-refractivity contribution is -0.132. The van der Waals surface area contributed by atoms with E-state index in [0.717, 1.165) is 24.3 Å². The molecule has 0 unspecified atom stereocenters. The molecule has 0 aliphatic rings. The first-order chi connectivity index (χ1) is 7.45. The highest BCUT2D eigenvalue weighted by atomic mass is 16.4. The van der Waals surface area contributed by atoms with E-state index in [2.05, 4.69) is 26.0 Å². The summed E-state index contributed by atoms with van der Waals surface area (Å²) in [7, 11) is 0. The lowest BCUT2D eigenvalue weighted by Gasteiger charge is -2.02. The van der Waals surface area contributed by atoms with E-state index >= 15 is 0 Å². The monoisotopic (exact) mass is 224 g/mol. The van der Waals surface area contributed by atoms with Crippen molar-refractivity contribution in [2.75, 3.05) is 0 Å². The van der Waals surface area contributed by atoms with E-state index in [1.807, 2.05) is 13.8 Å². The highest BCUT2D eigenvalue weighted by molar-refractivity contribution is 5.87. The van der Waals surface area contributed by atoms with Gasteiger partial charge in [0.05, 0.1) is 0 Å². The molecule has 0 saturated heterocycles. The largest absolute Gasteiger partial charge is 0.478 e. The van der Waals surface area contributed by atoms with Crippen LogP contribution in [0.25, 0.3) is 0 Å². The molecular weight excluding hydrogens is 200 g/mol. The van der Waals surface area contributed by atoms with Gasteiger partial charge in [0, 0.05) is 5.57 Å². The molecule has 0 heterocycles. The molecule has 0 aromatic heterocycles. The Balaban J connectivity index is 3.89. The van der Waals surface area contributed by atoms with E-state index in [4.69, 9.17) is 5.11 Å². The molecule has 1 N–H and O–H groups in total. The molecule has 0 rings (SSSR count). The molecule has 0 aromatic rings. The quantitative estimate of drug-likeness (QED) is 0.520. The Morgan fingerprint density at radius 3 is 2.19 bits per heavy atom. The molecule has 0 aliphatic carbocycles. The van der Waals surface area contributed by atoms with Crippen molar-refractivity contribution in [2.24, 2.45) is 5.92 Å². The minimum Gasteiger partial charge on any atom is -0.478 e. The summed E-state index contributed by atoms with van der Waals surface area (Å²) in [6, 6.07) is 0. The van der Waals surface area contributed by atoms with Crippen LogP contribution in [0.4, 0.5) is 0 Å². The topological polar surface area (TPSA) is 37.3 Å². The van der Waals surface area contributed by atoms with Crippen LogP contribution in [0.5, 0.6) is 0 Å². The third-order valence-electron chi connectivity index (χ3n) is 2.50. The average Bonchev–Trinajstić information content (AvgIpc) is 2.14. The van der Waals surface area contributed by atoms with Crippen LogP contribution in [-0.4, -0.2) is 11.1 Å². The molecule has 0 spiro atoms. The summed E-state index contributed by atoms with van der Waals surface area (Å²) in [5.74, 6) is -0.0485. The first kappa shape index (κ1) is 14.9. The number of carboxylic acid groups (broad SMARTS) is 1. The molecule has 2 nitrogen and oxygen atoms in total. The minimum atomic E-state index is -0.782. The summed E-state index contributed by atoms with van der Waals surface area (Å²) in [5.41, 5.74) is 1.46. The van der Waals surface area contributed by atoms with Crippen LogP contribution in [0, 0.1) is 5.92 Å². The number of hydrogen-bond donors (Lipinski definition) is 1. The van der Waals surface area contributed by atoms with Gasteiger partial charge in [-0.2, -0.15) is 0 Å². The van der Waals surface area contributed by atoms with Gasteiger partial charge >= 0.3 is 5.97 Å². The Kier molecular flexibility index (Phi) is 7.61. The van der Waals surface area contributed by atoms with Crippen molar-refractivity contribution in [3.8, 4) is 0 Å². The average molecular weight is 224 g/mol. The Morgan fingerprint density at radius 2 is 1.75 bits per heavy atom. The van der Waals surface area contributed by atoms with Gasteiger partial charge in [0.2, 0.25) is 0 Å². The van der Waals surface area contributed by atoms with E-state index in [-0.39, 0.29) is 0 Å². The summed E-state index contributed by atoms with van der Waals surface area (Å²) in [4.78, 5) is 10.9. The zero-order valence-electron chi connectivity index (χ0n) is 10.9. The molecule has 0 radical (unpaired) electrons. The molecule has 16 heavy (non-hydrogen) atoms. The zero-order chi connectivity index (χ0) is 12.6. The summed E-state index contributed by atoms with van der Waals surface area (Å²) < 4.78 is 0. The molecule has 0 amide bonds. The van der Waals surface area contributed by atoms with E-state index in [9.17, 15) is 4.79 Å². The second-order valence-electron chi connectivity index (χ2n) is 4.76. The summed E-state index contributed by atoms with van der Waals surface area (Å²) in [5, 5.41) is 8.94. The first-order valence-electron chi connectivity index (χ1n) is 5.99. The number of rotatable bonds is 7. The summed E-state index contributed by atoms with van der Waals surface area (Å²) >= 11 is 0. The van der Waals surface area contributed by atoms with Crippen LogP contribution in [-0.2, 0) is 4.79 Å². The van der Waals surface area contributed by atoms with Crippen LogP contribution in [0.3, 0.4) is 0 Å². The number of hydrogen-bond acceptors (Lipinski definition) is 1.